The molecule has 2 amide bonds. The van der Waals surface area contributed by atoms with E-state index in [2.05, 4.69) is 10.3 Å². The molecule has 0 saturated carbocycles. The van der Waals surface area contributed by atoms with Crippen molar-refractivity contribution in [3.8, 4) is 0 Å². The van der Waals surface area contributed by atoms with Crippen LogP contribution in [0.1, 0.15) is 43.6 Å². The smallest absolute Gasteiger partial charge is 0.259 e. The number of ether oxygens (including phenoxy) is 4. The van der Waals surface area contributed by atoms with Crippen LogP contribution in [-0.2, 0) is 38.8 Å². The minimum absolute atomic E-state index is 0.00869. The summed E-state index contributed by atoms with van der Waals surface area (Å²) < 4.78 is 88.7. The molecule has 2 aliphatic heterocycles. The number of hydrogen-bond acceptors (Lipinski definition) is 7. The van der Waals surface area contributed by atoms with Crippen LogP contribution in [0.2, 0.25) is 0 Å². The van der Waals surface area contributed by atoms with Crippen molar-refractivity contribution in [2.24, 2.45) is 0 Å². The maximum Gasteiger partial charge on any atom is 0.259 e. The van der Waals surface area contributed by atoms with Crippen LogP contribution < -0.4 is 5.32 Å². The number of benzene rings is 6. The maximum absolute atomic E-state index is 15.7. The molecule has 2 aromatic heterocycles. The molecule has 1 saturated heterocycles. The maximum atomic E-state index is 15.7. The molecule has 2 aliphatic rings. The van der Waals surface area contributed by atoms with Crippen LogP contribution in [0.3, 0.4) is 0 Å². The summed E-state index contributed by atoms with van der Waals surface area (Å²) in [6.45, 7) is 0.0327. The summed E-state index contributed by atoms with van der Waals surface area (Å²) in [5, 5.41) is 14.7. The third-order valence-corrected chi connectivity index (χ3v) is 11.4. The summed E-state index contributed by atoms with van der Waals surface area (Å²) in [5.41, 5.74) is 2.41. The first-order valence-electron chi connectivity index (χ1n) is 19.6. The van der Waals surface area contributed by atoms with Gasteiger partial charge < -0.3 is 33.6 Å². The molecule has 0 radical (unpaired) electrons. The lowest BCUT2D eigenvalue weighted by Gasteiger charge is -2.45. The van der Waals surface area contributed by atoms with Gasteiger partial charge in [-0.1, -0.05) is 91.0 Å². The molecule has 5 unspecified atom stereocenters. The number of rotatable bonds is 11. The zero-order valence-corrected chi connectivity index (χ0v) is 32.0. The quantitative estimate of drug-likeness (QED) is 0.0883. The van der Waals surface area contributed by atoms with E-state index in [9.17, 15) is 23.5 Å². The SMILES string of the molecule is O=C1NC(=O)c2c1c1c3cc(F)c(F)cc3[nH]c1c1c2c2cc(F)c(F)cc2n1C1OC(COCc2ccccc2)C(O)C(OCc2ccccc2)C1OCc1ccccc1. The Hall–Kier alpha value is -6.42. The highest BCUT2D eigenvalue weighted by Gasteiger charge is 2.49. The van der Waals surface area contributed by atoms with E-state index in [1.165, 1.54) is 4.57 Å². The van der Waals surface area contributed by atoms with E-state index in [-0.39, 0.29) is 81.2 Å². The summed E-state index contributed by atoms with van der Waals surface area (Å²) in [5.74, 6) is -6.49. The predicted octanol–water partition coefficient (Wildman–Crippen LogP) is 8.51. The van der Waals surface area contributed by atoms with Gasteiger partial charge in [0.15, 0.2) is 29.5 Å². The number of carbonyl (C=O) groups excluding carboxylic acids is 2. The largest absolute Gasteiger partial charge is 0.387 e. The molecule has 0 spiro atoms. The lowest BCUT2D eigenvalue weighted by Crippen LogP contribution is -2.58. The van der Waals surface area contributed by atoms with E-state index >= 15 is 8.78 Å². The molecule has 0 aliphatic carbocycles. The number of aliphatic hydroxyl groups is 1. The van der Waals surface area contributed by atoms with E-state index in [1.54, 1.807) is 0 Å². The summed E-state index contributed by atoms with van der Waals surface area (Å²) in [4.78, 5) is 30.6. The number of aromatic nitrogens is 2. The van der Waals surface area contributed by atoms with E-state index < -0.39 is 65.7 Å². The van der Waals surface area contributed by atoms with Crippen molar-refractivity contribution in [2.45, 2.75) is 50.5 Å². The third kappa shape index (κ3) is 6.73. The number of fused-ring (bicyclic) bond motifs is 10. The summed E-state index contributed by atoms with van der Waals surface area (Å²) in [6, 6.07) is 31.6. The minimum atomic E-state index is -1.37. The van der Waals surface area contributed by atoms with Crippen molar-refractivity contribution in [3.63, 3.8) is 0 Å². The molecule has 5 atom stereocenters. The molecule has 14 heteroatoms. The van der Waals surface area contributed by atoms with Gasteiger partial charge in [-0.3, -0.25) is 14.9 Å². The number of aromatic amines is 1. The van der Waals surface area contributed by atoms with Gasteiger partial charge in [0.05, 0.1) is 54.1 Å². The molecular weight excluding hydrogens is 795 g/mol. The van der Waals surface area contributed by atoms with Crippen LogP contribution in [0.25, 0.3) is 43.6 Å². The Kier molecular flexibility index (Phi) is 9.89. The highest BCUT2D eigenvalue weighted by molar-refractivity contribution is 6.39. The molecule has 4 heterocycles. The Morgan fingerprint density at radius 1 is 0.639 bits per heavy atom. The van der Waals surface area contributed by atoms with Gasteiger partial charge in [-0.05, 0) is 28.8 Å². The molecule has 8 aromatic rings. The normalized spacial score (nSPS) is 20.3. The van der Waals surface area contributed by atoms with Crippen LogP contribution in [0.5, 0.6) is 0 Å². The second kappa shape index (κ2) is 15.6. The minimum Gasteiger partial charge on any atom is -0.387 e. The van der Waals surface area contributed by atoms with Crippen molar-refractivity contribution in [2.75, 3.05) is 6.61 Å². The van der Waals surface area contributed by atoms with Crippen LogP contribution in [0.15, 0.2) is 115 Å². The van der Waals surface area contributed by atoms with Crippen LogP contribution >= 0.6 is 0 Å². The number of amides is 2. The molecule has 61 heavy (non-hydrogen) atoms. The Balaban J connectivity index is 1.23. The Morgan fingerprint density at radius 2 is 1.16 bits per heavy atom. The van der Waals surface area contributed by atoms with Gasteiger partial charge in [0.25, 0.3) is 11.8 Å². The fourth-order valence-electron chi connectivity index (χ4n) is 8.65. The van der Waals surface area contributed by atoms with Crippen LogP contribution in [0, 0.1) is 23.3 Å². The van der Waals surface area contributed by atoms with E-state index in [0.717, 1.165) is 41.0 Å². The molecule has 6 aromatic carbocycles. The number of H-pyrrole nitrogens is 1. The van der Waals surface area contributed by atoms with E-state index in [4.69, 9.17) is 18.9 Å². The van der Waals surface area contributed by atoms with Gasteiger partial charge >= 0.3 is 0 Å². The third-order valence-electron chi connectivity index (χ3n) is 11.4. The van der Waals surface area contributed by atoms with Gasteiger partial charge in [0, 0.05) is 39.2 Å². The van der Waals surface area contributed by atoms with Crippen molar-refractivity contribution < 1.29 is 51.2 Å². The monoisotopic (exact) mass is 829 g/mol. The summed E-state index contributed by atoms with van der Waals surface area (Å²) in [7, 11) is 0. The zero-order chi connectivity index (χ0) is 41.9. The van der Waals surface area contributed by atoms with Crippen molar-refractivity contribution in [1.29, 1.82) is 0 Å². The number of hydrogen-bond donors (Lipinski definition) is 3. The number of imide groups is 1. The Labute approximate surface area is 344 Å². The first kappa shape index (κ1) is 38.8. The highest BCUT2D eigenvalue weighted by atomic mass is 19.2. The fourth-order valence-corrected chi connectivity index (χ4v) is 8.65. The number of halogens is 4. The van der Waals surface area contributed by atoms with Gasteiger partial charge in [-0.15, -0.1) is 0 Å². The molecule has 3 N–H and O–H groups in total. The van der Waals surface area contributed by atoms with Gasteiger partial charge in [-0.25, -0.2) is 17.6 Å². The summed E-state index contributed by atoms with van der Waals surface area (Å²) >= 11 is 0. The standard InChI is InChI=1S/C47H35F4N3O7/c48-29-16-27-33(18-31(29)50)52-40-36(27)38-39(46(57)53-45(38)56)37-28-17-30(49)32(51)19-34(28)54(41(37)40)47-44(60-22-26-14-8-3-9-15-26)43(59-21-25-12-6-2-7-13-25)42(55)35(61-47)23-58-20-24-10-4-1-5-11-24/h1-19,35,42-44,47,52,55H,20-23H2,(H,53,56,57). The fraction of sp³-hybridized carbons (Fsp3) is 0.191. The van der Waals surface area contributed by atoms with Crippen molar-refractivity contribution >= 4 is 55.4 Å². The molecular formula is C47H35F4N3O7. The summed E-state index contributed by atoms with van der Waals surface area (Å²) in [6.07, 6.45) is -6.22. The second-order valence-electron chi connectivity index (χ2n) is 15.2. The van der Waals surface area contributed by atoms with Crippen LogP contribution in [-0.4, -0.2) is 57.5 Å². The number of nitrogens with zero attached hydrogens (tertiary/aromatic N) is 1. The highest BCUT2D eigenvalue weighted by Crippen LogP contribution is 2.47. The molecule has 1 fully saturated rings. The number of aliphatic hydroxyl groups excluding tert-OH is 1. The molecule has 10 nitrogen and oxygen atoms in total. The lowest BCUT2D eigenvalue weighted by molar-refractivity contribution is -0.278. The Morgan fingerprint density at radius 3 is 1.79 bits per heavy atom. The zero-order valence-electron chi connectivity index (χ0n) is 32.0. The first-order valence-corrected chi connectivity index (χ1v) is 19.6. The number of nitrogens with one attached hydrogen (secondary N) is 2. The van der Waals surface area contributed by atoms with Gasteiger partial charge in [-0.2, -0.15) is 0 Å². The Bertz CT molecular complexity index is 3000. The average Bonchev–Trinajstić information content (AvgIpc) is 3.89. The van der Waals surface area contributed by atoms with E-state index in [1.807, 2.05) is 91.0 Å². The average molecular weight is 830 g/mol. The topological polar surface area (TPSA) is 124 Å². The van der Waals surface area contributed by atoms with Gasteiger partial charge in [0.1, 0.15) is 24.4 Å². The molecule has 0 bridgehead atoms. The lowest BCUT2D eigenvalue weighted by atomic mass is 9.96. The first-order chi connectivity index (χ1) is 29.7. The van der Waals surface area contributed by atoms with E-state index in [0.29, 0.717) is 0 Å². The van der Waals surface area contributed by atoms with Crippen LogP contribution in [0.4, 0.5) is 17.6 Å². The molecule has 10 rings (SSSR count). The predicted molar refractivity (Wildman–Crippen MR) is 216 cm³/mol. The van der Waals surface area contributed by atoms with Crippen molar-refractivity contribution in [1.82, 2.24) is 14.9 Å². The van der Waals surface area contributed by atoms with Gasteiger partial charge in [0.2, 0.25) is 0 Å². The number of carbonyl (C=O) groups is 2. The molecule has 308 valence electrons. The van der Waals surface area contributed by atoms with Crippen molar-refractivity contribution in [3.05, 3.63) is 166 Å². The second-order valence-corrected chi connectivity index (χ2v) is 15.2.